The number of fused-ring (bicyclic) bond motifs is 1. The van der Waals surface area contributed by atoms with Crippen molar-refractivity contribution in [2.75, 3.05) is 0 Å². The topological polar surface area (TPSA) is 41.5 Å². The molecule has 0 fully saturated rings. The van der Waals surface area contributed by atoms with Crippen LogP contribution in [0.2, 0.25) is 0 Å². The van der Waals surface area contributed by atoms with Crippen molar-refractivity contribution in [1.29, 1.82) is 0 Å². The van der Waals surface area contributed by atoms with Gasteiger partial charge in [0, 0.05) is 5.92 Å². The highest BCUT2D eigenvalue weighted by atomic mass is 32.1. The molecule has 1 N–H and O–H groups in total. The van der Waals surface area contributed by atoms with E-state index in [9.17, 15) is 4.79 Å². The van der Waals surface area contributed by atoms with E-state index in [2.05, 4.69) is 35.0 Å². The molecule has 0 bridgehead atoms. The van der Waals surface area contributed by atoms with Crippen LogP contribution in [0.4, 0.5) is 0 Å². The summed E-state index contributed by atoms with van der Waals surface area (Å²) in [7, 11) is 0. The molecule has 1 aliphatic carbocycles. The van der Waals surface area contributed by atoms with Crippen LogP contribution in [0.3, 0.4) is 0 Å². The van der Waals surface area contributed by atoms with Gasteiger partial charge in [0.25, 0.3) is 0 Å². The van der Waals surface area contributed by atoms with Gasteiger partial charge in [-0.15, -0.1) is 11.3 Å². The van der Waals surface area contributed by atoms with Gasteiger partial charge in [0.2, 0.25) is 5.91 Å². The average molecular weight is 244 g/mol. The molecule has 2 aliphatic rings. The lowest BCUT2D eigenvalue weighted by Crippen LogP contribution is -2.40. The van der Waals surface area contributed by atoms with E-state index in [-0.39, 0.29) is 17.7 Å². The number of thiophene rings is 1. The van der Waals surface area contributed by atoms with Crippen molar-refractivity contribution < 1.29 is 4.79 Å². The van der Waals surface area contributed by atoms with Gasteiger partial charge in [0.05, 0.1) is 16.5 Å². The fourth-order valence-corrected chi connectivity index (χ4v) is 3.11. The van der Waals surface area contributed by atoms with Gasteiger partial charge in [-0.3, -0.25) is 4.79 Å². The third kappa shape index (κ3) is 1.74. The standard InChI is InChI=1S/C13H12N2OS/c1-8-6-11(17-7-8)12-9-4-2-3-5-10(9)13(16)15-14-12/h2-7,9-10H,1H3,(H,15,16)/t9-,10-/m1/s1. The summed E-state index contributed by atoms with van der Waals surface area (Å²) in [6.45, 7) is 2.07. The summed E-state index contributed by atoms with van der Waals surface area (Å²) in [6, 6.07) is 2.12. The number of allylic oxidation sites excluding steroid dienone is 3. The molecule has 0 saturated heterocycles. The van der Waals surface area contributed by atoms with Gasteiger partial charge >= 0.3 is 0 Å². The molecular formula is C13H12N2OS. The van der Waals surface area contributed by atoms with Crippen LogP contribution in [0.15, 0.2) is 40.9 Å². The van der Waals surface area contributed by atoms with E-state index in [4.69, 9.17) is 0 Å². The monoisotopic (exact) mass is 244 g/mol. The van der Waals surface area contributed by atoms with E-state index in [1.165, 1.54) is 5.56 Å². The second-order valence-electron chi connectivity index (χ2n) is 4.28. The Bertz CT molecular complexity index is 554. The van der Waals surface area contributed by atoms with Crippen molar-refractivity contribution in [3.8, 4) is 0 Å². The van der Waals surface area contributed by atoms with Crippen LogP contribution in [0, 0.1) is 18.8 Å². The lowest BCUT2D eigenvalue weighted by Gasteiger charge is -2.27. The number of hydrazone groups is 1. The van der Waals surface area contributed by atoms with Crippen LogP contribution in [-0.4, -0.2) is 11.6 Å². The maximum Gasteiger partial charge on any atom is 0.248 e. The Balaban J connectivity index is 2.02. The first-order chi connectivity index (χ1) is 8.25. The Morgan fingerprint density at radius 3 is 2.76 bits per heavy atom. The summed E-state index contributed by atoms with van der Waals surface area (Å²) in [5.74, 6) is -0.0608. The minimum absolute atomic E-state index is 0.0207. The predicted molar refractivity (Wildman–Crippen MR) is 69.0 cm³/mol. The van der Waals surface area contributed by atoms with E-state index in [1.54, 1.807) is 11.3 Å². The van der Waals surface area contributed by atoms with E-state index in [1.807, 2.05) is 18.2 Å². The number of hydrogen-bond donors (Lipinski definition) is 1. The number of aryl methyl sites for hydroxylation is 1. The molecule has 2 atom stereocenters. The Morgan fingerprint density at radius 1 is 1.29 bits per heavy atom. The van der Waals surface area contributed by atoms with Crippen molar-refractivity contribution in [2.24, 2.45) is 16.9 Å². The lowest BCUT2D eigenvalue weighted by molar-refractivity contribution is -0.124. The van der Waals surface area contributed by atoms with Crippen LogP contribution < -0.4 is 5.43 Å². The number of rotatable bonds is 1. The molecule has 2 heterocycles. The van der Waals surface area contributed by atoms with Crippen molar-refractivity contribution in [3.05, 3.63) is 46.2 Å². The van der Waals surface area contributed by atoms with Crippen LogP contribution in [-0.2, 0) is 4.79 Å². The van der Waals surface area contributed by atoms with E-state index in [0.717, 1.165) is 10.6 Å². The molecule has 0 unspecified atom stereocenters. The van der Waals surface area contributed by atoms with Crippen molar-refractivity contribution >= 4 is 23.0 Å². The second kappa shape index (κ2) is 3.96. The van der Waals surface area contributed by atoms with Gasteiger partial charge in [-0.25, -0.2) is 5.43 Å². The number of carbonyl (C=O) groups excluding carboxylic acids is 1. The molecule has 0 spiro atoms. The first-order valence-electron chi connectivity index (χ1n) is 5.53. The van der Waals surface area contributed by atoms with Crippen molar-refractivity contribution in [2.45, 2.75) is 6.92 Å². The molecule has 4 heteroatoms. The summed E-state index contributed by atoms with van der Waals surface area (Å²) in [4.78, 5) is 12.8. The van der Waals surface area contributed by atoms with E-state index < -0.39 is 0 Å². The van der Waals surface area contributed by atoms with Crippen molar-refractivity contribution in [1.82, 2.24) is 5.43 Å². The summed E-state index contributed by atoms with van der Waals surface area (Å²) < 4.78 is 0. The maximum absolute atomic E-state index is 11.7. The van der Waals surface area contributed by atoms with Crippen LogP contribution >= 0.6 is 11.3 Å². The highest BCUT2D eigenvalue weighted by Gasteiger charge is 2.34. The fourth-order valence-electron chi connectivity index (χ4n) is 2.17. The van der Waals surface area contributed by atoms with Gasteiger partial charge in [-0.2, -0.15) is 5.10 Å². The van der Waals surface area contributed by atoms with Crippen LogP contribution in [0.1, 0.15) is 10.4 Å². The molecule has 0 aromatic carbocycles. The number of amides is 1. The number of carbonyl (C=O) groups is 1. The maximum atomic E-state index is 11.7. The van der Waals surface area contributed by atoms with Crippen LogP contribution in [0.25, 0.3) is 0 Å². The molecule has 86 valence electrons. The zero-order chi connectivity index (χ0) is 11.8. The second-order valence-corrected chi connectivity index (χ2v) is 5.19. The molecule has 1 amide bonds. The quantitative estimate of drug-likeness (QED) is 0.808. The average Bonchev–Trinajstić information content (AvgIpc) is 2.77. The van der Waals surface area contributed by atoms with Gasteiger partial charge in [-0.05, 0) is 23.9 Å². The molecule has 3 rings (SSSR count). The first-order valence-corrected chi connectivity index (χ1v) is 6.41. The zero-order valence-electron chi connectivity index (χ0n) is 9.38. The SMILES string of the molecule is Cc1csc(C2=NNC(=O)[C@@H]3C=CC=C[C@@H]23)c1. The molecule has 1 aromatic rings. The normalized spacial score (nSPS) is 26.4. The van der Waals surface area contributed by atoms with E-state index in [0.29, 0.717) is 0 Å². The van der Waals surface area contributed by atoms with Gasteiger partial charge < -0.3 is 0 Å². The minimum Gasteiger partial charge on any atom is -0.272 e. The molecule has 0 saturated carbocycles. The molecule has 1 aromatic heterocycles. The Hall–Kier alpha value is -1.68. The van der Waals surface area contributed by atoms with Gasteiger partial charge in [-0.1, -0.05) is 24.3 Å². The third-order valence-corrected chi connectivity index (χ3v) is 4.09. The third-order valence-electron chi connectivity index (χ3n) is 3.02. The molecule has 3 nitrogen and oxygen atoms in total. The zero-order valence-corrected chi connectivity index (χ0v) is 10.2. The minimum atomic E-state index is -0.116. The lowest BCUT2D eigenvalue weighted by atomic mass is 9.82. The fraction of sp³-hybridized carbons (Fsp3) is 0.231. The predicted octanol–water partition coefficient (Wildman–Crippen LogP) is 2.25. The van der Waals surface area contributed by atoms with Crippen LogP contribution in [0.5, 0.6) is 0 Å². The Morgan fingerprint density at radius 2 is 2.06 bits per heavy atom. The number of hydrogen-bond acceptors (Lipinski definition) is 3. The number of nitrogens with zero attached hydrogens (tertiary/aromatic N) is 1. The number of nitrogens with one attached hydrogen (secondary N) is 1. The molecule has 1 aliphatic heterocycles. The summed E-state index contributed by atoms with van der Waals surface area (Å²) >= 11 is 1.67. The molecular weight excluding hydrogens is 232 g/mol. The highest BCUT2D eigenvalue weighted by Crippen LogP contribution is 2.29. The van der Waals surface area contributed by atoms with Gasteiger partial charge in [0.1, 0.15) is 0 Å². The van der Waals surface area contributed by atoms with Gasteiger partial charge in [0.15, 0.2) is 0 Å². The summed E-state index contributed by atoms with van der Waals surface area (Å²) in [5.41, 5.74) is 4.81. The summed E-state index contributed by atoms with van der Waals surface area (Å²) in [5, 5.41) is 6.32. The first kappa shape index (κ1) is 10.5. The van der Waals surface area contributed by atoms with Crippen molar-refractivity contribution in [3.63, 3.8) is 0 Å². The van der Waals surface area contributed by atoms with E-state index >= 15 is 0 Å². The Labute approximate surface area is 104 Å². The smallest absolute Gasteiger partial charge is 0.248 e. The Kier molecular flexibility index (Phi) is 2.44. The molecule has 0 radical (unpaired) electrons. The molecule has 17 heavy (non-hydrogen) atoms. The largest absolute Gasteiger partial charge is 0.272 e. The summed E-state index contributed by atoms with van der Waals surface area (Å²) in [6.07, 6.45) is 7.89. The highest BCUT2D eigenvalue weighted by molar-refractivity contribution is 7.12.